The number of ketones is 1. The Kier molecular flexibility index (Phi) is 10.4. The average Bonchev–Trinajstić information content (AvgIpc) is 3.04. The third-order valence-electron chi connectivity index (χ3n) is 7.09. The Balaban J connectivity index is 2.02. The quantitative estimate of drug-likeness (QED) is 0.334. The molecule has 0 radical (unpaired) electrons. The minimum absolute atomic E-state index is 0.0876. The number of anilines is 2. The van der Waals surface area contributed by atoms with Gasteiger partial charge >= 0.3 is 12.4 Å². The number of Topliss-reactive ketones (excluding diaryl/α,β-unsaturated/α-hetero) is 1. The van der Waals surface area contributed by atoms with Gasteiger partial charge in [-0.3, -0.25) is 14.4 Å². The van der Waals surface area contributed by atoms with Gasteiger partial charge in [0.1, 0.15) is 6.04 Å². The molecule has 2 aromatic carbocycles. The van der Waals surface area contributed by atoms with Crippen molar-refractivity contribution in [1.29, 1.82) is 5.26 Å². The molecular formula is C28H26F8N4O3. The maximum Gasteiger partial charge on any atom is 0.389 e. The Labute approximate surface area is 240 Å². The molecule has 0 spiro atoms. The number of amides is 2. The Morgan fingerprint density at radius 3 is 2.16 bits per heavy atom. The van der Waals surface area contributed by atoms with E-state index in [9.17, 15) is 54.8 Å². The van der Waals surface area contributed by atoms with Gasteiger partial charge in [0.15, 0.2) is 5.78 Å². The molecule has 3 N–H and O–H groups in total. The van der Waals surface area contributed by atoms with Crippen molar-refractivity contribution in [3.63, 3.8) is 0 Å². The summed E-state index contributed by atoms with van der Waals surface area (Å²) in [5.41, 5.74) is 5.22. The molecule has 15 heteroatoms. The third-order valence-corrected chi connectivity index (χ3v) is 7.09. The number of carbonyl (C=O) groups excluding carboxylic acids is 3. The van der Waals surface area contributed by atoms with Crippen molar-refractivity contribution in [2.75, 3.05) is 11.4 Å². The van der Waals surface area contributed by atoms with E-state index < -0.39 is 98.5 Å². The first-order valence-corrected chi connectivity index (χ1v) is 12.9. The van der Waals surface area contributed by atoms with Gasteiger partial charge in [-0.25, -0.2) is 8.78 Å². The van der Waals surface area contributed by atoms with Crippen LogP contribution in [0.2, 0.25) is 0 Å². The van der Waals surface area contributed by atoms with E-state index in [-0.39, 0.29) is 22.5 Å². The van der Waals surface area contributed by atoms with Gasteiger partial charge in [-0.15, -0.1) is 0 Å². The number of primary amides is 1. The molecule has 43 heavy (non-hydrogen) atoms. The maximum atomic E-state index is 13.9. The van der Waals surface area contributed by atoms with Crippen molar-refractivity contribution in [1.82, 2.24) is 5.32 Å². The molecule has 0 saturated carbocycles. The molecule has 1 heterocycles. The Morgan fingerprint density at radius 1 is 1.00 bits per heavy atom. The molecule has 2 aromatic rings. The Bertz CT molecular complexity index is 1390. The highest BCUT2D eigenvalue weighted by molar-refractivity contribution is 5.95. The maximum absolute atomic E-state index is 13.9. The molecule has 232 valence electrons. The van der Waals surface area contributed by atoms with Crippen LogP contribution in [0.25, 0.3) is 0 Å². The lowest BCUT2D eigenvalue weighted by molar-refractivity contribution is -0.152. The summed E-state index contributed by atoms with van der Waals surface area (Å²) >= 11 is 0. The number of rotatable bonds is 10. The van der Waals surface area contributed by atoms with Crippen LogP contribution in [-0.4, -0.2) is 42.5 Å². The van der Waals surface area contributed by atoms with E-state index in [0.29, 0.717) is 0 Å². The second kappa shape index (κ2) is 13.4. The highest BCUT2D eigenvalue weighted by atomic mass is 19.4. The molecule has 3 rings (SSSR count). The molecule has 0 bridgehead atoms. The number of benzene rings is 2. The van der Waals surface area contributed by atoms with Crippen molar-refractivity contribution in [2.24, 2.45) is 17.6 Å². The molecule has 0 aromatic heterocycles. The standard InChI is InChI=1S/C28H26F8N4O3/c29-24(30)17-5-2-6-22-20(17)12-23(41)21(14-40(22)16-4-1-3-15(11-16)13-37)39-26(43)19(8-10-28(34,35)36)18(25(38)42)7-9-27(31,32)33/h1-6,11,18-19,21,24H,7-10,12,14H2,(H2,38,42)(H,39,43)/t18-,19+,21-/m0/s1. The van der Waals surface area contributed by atoms with E-state index in [1.54, 1.807) is 0 Å². The second-order valence-corrected chi connectivity index (χ2v) is 10.0. The number of hydrogen-bond donors (Lipinski definition) is 2. The lowest BCUT2D eigenvalue weighted by Gasteiger charge is -2.30. The normalized spacial score (nSPS) is 17.1. The van der Waals surface area contributed by atoms with Gasteiger partial charge < -0.3 is 16.0 Å². The fourth-order valence-corrected chi connectivity index (χ4v) is 5.01. The third kappa shape index (κ3) is 8.89. The molecule has 0 fully saturated rings. The zero-order valence-electron chi connectivity index (χ0n) is 22.3. The van der Waals surface area contributed by atoms with Crippen LogP contribution in [0.4, 0.5) is 46.5 Å². The molecule has 2 amide bonds. The number of nitrogens with zero attached hydrogens (tertiary/aromatic N) is 2. The highest BCUT2D eigenvalue weighted by Gasteiger charge is 2.41. The summed E-state index contributed by atoms with van der Waals surface area (Å²) in [6.07, 6.45) is -18.7. The van der Waals surface area contributed by atoms with Crippen LogP contribution in [-0.2, 0) is 20.8 Å². The van der Waals surface area contributed by atoms with Gasteiger partial charge in [0.05, 0.1) is 18.2 Å². The number of nitrogens with one attached hydrogen (secondary N) is 1. The lowest BCUT2D eigenvalue weighted by atomic mass is 9.83. The molecule has 1 aliphatic rings. The van der Waals surface area contributed by atoms with Crippen LogP contribution in [0.3, 0.4) is 0 Å². The van der Waals surface area contributed by atoms with Crippen LogP contribution >= 0.6 is 0 Å². The van der Waals surface area contributed by atoms with Crippen molar-refractivity contribution in [3.8, 4) is 6.07 Å². The fraction of sp³-hybridized carbons (Fsp3) is 0.429. The van der Waals surface area contributed by atoms with E-state index in [4.69, 9.17) is 5.73 Å². The summed E-state index contributed by atoms with van der Waals surface area (Å²) in [5, 5.41) is 11.6. The zero-order chi connectivity index (χ0) is 32.1. The predicted octanol–water partition coefficient (Wildman–Crippen LogP) is 5.65. The molecule has 3 atom stereocenters. The largest absolute Gasteiger partial charge is 0.389 e. The number of carbonyl (C=O) groups is 3. The molecule has 0 aliphatic carbocycles. The zero-order valence-corrected chi connectivity index (χ0v) is 22.3. The van der Waals surface area contributed by atoms with E-state index in [2.05, 4.69) is 5.32 Å². The van der Waals surface area contributed by atoms with Gasteiger partial charge in [0.2, 0.25) is 11.8 Å². The van der Waals surface area contributed by atoms with Crippen LogP contribution in [0.1, 0.15) is 48.8 Å². The molecule has 1 aliphatic heterocycles. The summed E-state index contributed by atoms with van der Waals surface area (Å²) in [4.78, 5) is 40.1. The lowest BCUT2D eigenvalue weighted by Crippen LogP contribution is -2.51. The van der Waals surface area contributed by atoms with Crippen molar-refractivity contribution in [2.45, 2.75) is 56.9 Å². The van der Waals surface area contributed by atoms with Gasteiger partial charge in [0.25, 0.3) is 6.43 Å². The number of alkyl halides is 8. The summed E-state index contributed by atoms with van der Waals surface area (Å²) in [7, 11) is 0. The number of hydrogen-bond acceptors (Lipinski definition) is 5. The fourth-order valence-electron chi connectivity index (χ4n) is 5.01. The van der Waals surface area contributed by atoms with Crippen LogP contribution in [0.5, 0.6) is 0 Å². The Morgan fingerprint density at radius 2 is 1.60 bits per heavy atom. The predicted molar refractivity (Wildman–Crippen MR) is 137 cm³/mol. The van der Waals surface area contributed by atoms with Crippen molar-refractivity contribution >= 4 is 29.0 Å². The number of fused-ring (bicyclic) bond motifs is 1. The van der Waals surface area contributed by atoms with E-state index in [0.717, 1.165) is 6.07 Å². The van der Waals surface area contributed by atoms with E-state index >= 15 is 0 Å². The Hall–Kier alpha value is -4.22. The summed E-state index contributed by atoms with van der Waals surface area (Å²) in [6.45, 7) is -0.436. The first-order valence-electron chi connectivity index (χ1n) is 12.9. The SMILES string of the molecule is N#Cc1cccc(N2C[C@H](NC(=O)[C@H](CCC(F)(F)F)[C@H](CCC(F)(F)F)C(N)=O)C(=O)Cc3c(C(F)F)cccc32)c1. The summed E-state index contributed by atoms with van der Waals surface area (Å²) in [5.74, 6) is -7.49. The molecule has 7 nitrogen and oxygen atoms in total. The molecule has 0 saturated heterocycles. The smallest absolute Gasteiger partial charge is 0.369 e. The minimum Gasteiger partial charge on any atom is -0.369 e. The van der Waals surface area contributed by atoms with Gasteiger partial charge in [-0.2, -0.15) is 31.6 Å². The molecular weight excluding hydrogens is 592 g/mol. The first-order chi connectivity index (χ1) is 20.0. The highest BCUT2D eigenvalue weighted by Crippen LogP contribution is 2.38. The van der Waals surface area contributed by atoms with Gasteiger partial charge in [-0.1, -0.05) is 18.2 Å². The van der Waals surface area contributed by atoms with Crippen LogP contribution in [0.15, 0.2) is 42.5 Å². The van der Waals surface area contributed by atoms with Crippen molar-refractivity contribution in [3.05, 3.63) is 59.2 Å². The van der Waals surface area contributed by atoms with E-state index in [1.807, 2.05) is 6.07 Å². The van der Waals surface area contributed by atoms with Gasteiger partial charge in [0, 0.05) is 48.0 Å². The monoisotopic (exact) mass is 618 g/mol. The summed E-state index contributed by atoms with van der Waals surface area (Å²) < 4.78 is 106. The van der Waals surface area contributed by atoms with Gasteiger partial charge in [-0.05, 0) is 42.7 Å². The summed E-state index contributed by atoms with van der Waals surface area (Å²) in [6, 6.07) is 10.0. The topological polar surface area (TPSA) is 116 Å². The number of nitrogens with two attached hydrogens (primary N) is 1. The second-order valence-electron chi connectivity index (χ2n) is 10.0. The number of nitriles is 1. The minimum atomic E-state index is -4.83. The average molecular weight is 619 g/mol. The molecule has 0 unspecified atom stereocenters. The van der Waals surface area contributed by atoms with Crippen molar-refractivity contribution < 1.29 is 49.5 Å². The van der Waals surface area contributed by atoms with E-state index in [1.165, 1.54) is 41.3 Å². The number of halogens is 8. The van der Waals surface area contributed by atoms with Crippen LogP contribution < -0.4 is 16.0 Å². The first kappa shape index (κ1) is 33.3. The van der Waals surface area contributed by atoms with Crippen LogP contribution in [0, 0.1) is 23.2 Å².